The third kappa shape index (κ3) is 5.95. The van der Waals surface area contributed by atoms with E-state index in [1.165, 1.54) is 6.21 Å². The quantitative estimate of drug-likeness (QED) is 0.247. The first-order valence-electron chi connectivity index (χ1n) is 10.8. The van der Waals surface area contributed by atoms with Gasteiger partial charge < -0.3 is 14.7 Å². The highest BCUT2D eigenvalue weighted by Crippen LogP contribution is 2.27. The first-order chi connectivity index (χ1) is 16.6. The van der Waals surface area contributed by atoms with Gasteiger partial charge in [-0.15, -0.1) is 0 Å². The zero-order chi connectivity index (χ0) is 25.2. The molecule has 0 radical (unpaired) electrons. The highest BCUT2D eigenvalue weighted by molar-refractivity contribution is 14.1. The fourth-order valence-electron chi connectivity index (χ4n) is 3.96. The topological polar surface area (TPSA) is 95.0 Å². The number of nitrogens with zero attached hydrogens (tertiary/aromatic N) is 2. The zero-order valence-electron chi connectivity index (χ0n) is 18.3. The second kappa shape index (κ2) is 10.3. The lowest BCUT2D eigenvalue weighted by Crippen LogP contribution is -2.36. The Morgan fingerprint density at radius 2 is 1.86 bits per heavy atom. The SMILES string of the molecule is O=C(OCC1CCN(c2ccc(N=Cc3c(O)[nH]c(=O)c4ccc(I)cc34)cc2)CC1)C(F)(F)F. The fraction of sp³-hybridized carbons (Fsp3) is 0.292. The monoisotopic (exact) mass is 599 g/mol. The molecular formula is C24H21F3IN3O4. The number of halogens is 4. The first-order valence-corrected chi connectivity index (χ1v) is 11.9. The van der Waals surface area contributed by atoms with Crippen molar-refractivity contribution in [3.05, 3.63) is 62.0 Å². The van der Waals surface area contributed by atoms with Crippen LogP contribution < -0.4 is 10.5 Å². The number of aromatic amines is 1. The van der Waals surface area contributed by atoms with Crippen molar-refractivity contribution in [3.63, 3.8) is 0 Å². The maximum absolute atomic E-state index is 12.3. The molecule has 2 heterocycles. The number of pyridine rings is 1. The Morgan fingerprint density at radius 1 is 1.17 bits per heavy atom. The van der Waals surface area contributed by atoms with Crippen LogP contribution in [0.2, 0.25) is 0 Å². The lowest BCUT2D eigenvalue weighted by Gasteiger charge is -2.33. The van der Waals surface area contributed by atoms with Crippen molar-refractivity contribution in [2.45, 2.75) is 19.0 Å². The molecule has 2 N–H and O–H groups in total. The van der Waals surface area contributed by atoms with Gasteiger partial charge in [-0.05, 0) is 83.8 Å². The summed E-state index contributed by atoms with van der Waals surface area (Å²) in [6.07, 6.45) is -2.23. The molecule has 1 aliphatic rings. The molecule has 0 saturated carbocycles. The number of alkyl halides is 3. The molecule has 4 rings (SSSR count). The maximum Gasteiger partial charge on any atom is 0.490 e. The van der Waals surface area contributed by atoms with Gasteiger partial charge in [-0.2, -0.15) is 13.2 Å². The van der Waals surface area contributed by atoms with E-state index in [9.17, 15) is 27.9 Å². The van der Waals surface area contributed by atoms with Gasteiger partial charge in [0, 0.05) is 39.3 Å². The molecule has 3 aromatic rings. The summed E-state index contributed by atoms with van der Waals surface area (Å²) in [4.78, 5) is 32.0. The number of rotatable bonds is 5. The Balaban J connectivity index is 1.40. The van der Waals surface area contributed by atoms with Gasteiger partial charge in [0.15, 0.2) is 0 Å². The molecule has 1 aliphatic heterocycles. The average Bonchev–Trinajstić information content (AvgIpc) is 2.82. The minimum Gasteiger partial charge on any atom is -0.494 e. The van der Waals surface area contributed by atoms with Gasteiger partial charge in [-0.1, -0.05) is 0 Å². The maximum atomic E-state index is 12.3. The molecule has 0 aliphatic carbocycles. The molecule has 184 valence electrons. The Morgan fingerprint density at radius 3 is 2.51 bits per heavy atom. The Kier molecular flexibility index (Phi) is 7.33. The van der Waals surface area contributed by atoms with Crippen molar-refractivity contribution in [1.29, 1.82) is 0 Å². The standard InChI is InChI=1S/C24H21F3IN3O4/c25-24(26,27)23(34)35-13-14-7-9-31(10-8-14)17-4-2-16(3-5-17)29-12-20-19-11-15(28)1-6-18(19)21(32)30-22(20)33/h1-6,11-12,14H,7-10,13H2,(H2,30,32,33). The number of aromatic hydroxyl groups is 1. The van der Waals surface area contributed by atoms with Crippen LogP contribution in [0.1, 0.15) is 18.4 Å². The Labute approximate surface area is 211 Å². The summed E-state index contributed by atoms with van der Waals surface area (Å²) in [5.74, 6) is -2.51. The number of benzene rings is 2. The number of ether oxygens (including phenoxy) is 1. The number of carbonyl (C=O) groups is 1. The molecular weight excluding hydrogens is 578 g/mol. The van der Waals surface area contributed by atoms with Crippen molar-refractivity contribution < 1.29 is 27.8 Å². The van der Waals surface area contributed by atoms with E-state index in [4.69, 9.17) is 0 Å². The number of hydrogen-bond donors (Lipinski definition) is 2. The number of hydrogen-bond acceptors (Lipinski definition) is 6. The molecule has 0 unspecified atom stereocenters. The minimum atomic E-state index is -4.97. The molecule has 2 aromatic carbocycles. The number of nitrogens with one attached hydrogen (secondary N) is 1. The van der Waals surface area contributed by atoms with Crippen LogP contribution in [-0.4, -0.2) is 48.1 Å². The average molecular weight is 599 g/mol. The predicted octanol–water partition coefficient (Wildman–Crippen LogP) is 4.91. The molecule has 1 aromatic heterocycles. The second-order valence-corrected chi connectivity index (χ2v) is 9.45. The van der Waals surface area contributed by atoms with Crippen LogP contribution in [0.15, 0.2) is 52.3 Å². The van der Waals surface area contributed by atoms with E-state index in [2.05, 4.69) is 42.2 Å². The van der Waals surface area contributed by atoms with E-state index < -0.39 is 12.1 Å². The highest BCUT2D eigenvalue weighted by atomic mass is 127. The highest BCUT2D eigenvalue weighted by Gasteiger charge is 2.41. The Bertz CT molecular complexity index is 1310. The number of fused-ring (bicyclic) bond motifs is 1. The molecule has 0 spiro atoms. The van der Waals surface area contributed by atoms with Crippen molar-refractivity contribution in [2.75, 3.05) is 24.6 Å². The molecule has 11 heteroatoms. The van der Waals surface area contributed by atoms with E-state index in [0.29, 0.717) is 48.0 Å². The zero-order valence-corrected chi connectivity index (χ0v) is 20.5. The molecule has 35 heavy (non-hydrogen) atoms. The largest absolute Gasteiger partial charge is 0.494 e. The van der Waals surface area contributed by atoms with Crippen molar-refractivity contribution >= 4 is 56.9 Å². The summed E-state index contributed by atoms with van der Waals surface area (Å²) < 4.78 is 42.1. The van der Waals surface area contributed by atoms with Crippen LogP contribution in [0.3, 0.4) is 0 Å². The van der Waals surface area contributed by atoms with Crippen LogP contribution in [0, 0.1) is 9.49 Å². The van der Waals surface area contributed by atoms with Gasteiger partial charge >= 0.3 is 12.1 Å². The molecule has 1 fully saturated rings. The van der Waals surface area contributed by atoms with Crippen LogP contribution in [0.5, 0.6) is 5.88 Å². The van der Waals surface area contributed by atoms with Crippen LogP contribution in [0.25, 0.3) is 10.8 Å². The minimum absolute atomic E-state index is 0.107. The van der Waals surface area contributed by atoms with Gasteiger partial charge in [-0.25, -0.2) is 4.79 Å². The van der Waals surface area contributed by atoms with Crippen LogP contribution in [0.4, 0.5) is 24.5 Å². The molecule has 0 amide bonds. The normalized spacial score (nSPS) is 15.1. The second-order valence-electron chi connectivity index (χ2n) is 8.21. The van der Waals surface area contributed by atoms with Crippen LogP contribution in [-0.2, 0) is 9.53 Å². The third-order valence-electron chi connectivity index (χ3n) is 5.86. The van der Waals surface area contributed by atoms with E-state index in [1.807, 2.05) is 36.4 Å². The van der Waals surface area contributed by atoms with Crippen molar-refractivity contribution in [3.8, 4) is 5.88 Å². The smallest absolute Gasteiger partial charge is 0.490 e. The summed E-state index contributed by atoms with van der Waals surface area (Å²) in [7, 11) is 0. The number of piperidine rings is 1. The summed E-state index contributed by atoms with van der Waals surface area (Å²) in [5, 5.41) is 11.3. The number of anilines is 1. The van der Waals surface area contributed by atoms with E-state index in [1.54, 1.807) is 6.07 Å². The first kappa shape index (κ1) is 25.0. The summed E-state index contributed by atoms with van der Waals surface area (Å²) in [6.45, 7) is 1.03. The summed E-state index contributed by atoms with van der Waals surface area (Å²) in [6, 6.07) is 12.7. The molecule has 7 nitrogen and oxygen atoms in total. The third-order valence-corrected chi connectivity index (χ3v) is 6.53. The number of esters is 1. The van der Waals surface area contributed by atoms with Crippen molar-refractivity contribution in [2.24, 2.45) is 10.9 Å². The van der Waals surface area contributed by atoms with Crippen molar-refractivity contribution in [1.82, 2.24) is 4.98 Å². The fourth-order valence-corrected chi connectivity index (χ4v) is 4.45. The number of aliphatic imine (C=N–C) groups is 1. The number of carbonyl (C=O) groups excluding carboxylic acids is 1. The lowest BCUT2D eigenvalue weighted by atomic mass is 9.97. The molecule has 1 saturated heterocycles. The molecule has 0 bridgehead atoms. The van der Waals surface area contributed by atoms with Gasteiger partial charge in [0.25, 0.3) is 5.56 Å². The van der Waals surface area contributed by atoms with E-state index in [0.717, 1.165) is 9.26 Å². The lowest BCUT2D eigenvalue weighted by molar-refractivity contribution is -0.201. The van der Waals surface area contributed by atoms with Gasteiger partial charge in [0.2, 0.25) is 5.88 Å². The predicted molar refractivity (Wildman–Crippen MR) is 135 cm³/mol. The van der Waals surface area contributed by atoms with Crippen LogP contribution >= 0.6 is 22.6 Å². The van der Waals surface area contributed by atoms with E-state index >= 15 is 0 Å². The summed E-state index contributed by atoms with van der Waals surface area (Å²) >= 11 is 2.13. The Hall–Kier alpha value is -3.09. The van der Waals surface area contributed by atoms with E-state index in [-0.39, 0.29) is 24.0 Å². The number of H-pyrrole nitrogens is 1. The summed E-state index contributed by atoms with van der Waals surface area (Å²) in [5.41, 5.74) is 1.63. The van der Waals surface area contributed by atoms with Gasteiger partial charge in [0.05, 0.1) is 17.9 Å². The van der Waals surface area contributed by atoms with Gasteiger partial charge in [0.1, 0.15) is 0 Å². The molecule has 0 atom stereocenters. The van der Waals surface area contributed by atoms with Gasteiger partial charge in [-0.3, -0.25) is 14.8 Å². The number of aromatic nitrogens is 1.